The first kappa shape index (κ1) is 17.6. The van der Waals surface area contributed by atoms with E-state index in [0.717, 1.165) is 34.1 Å². The molecule has 0 aliphatic carbocycles. The number of amides is 1. The summed E-state index contributed by atoms with van der Waals surface area (Å²) in [7, 11) is 1.88. The number of pyridine rings is 1. The van der Waals surface area contributed by atoms with Crippen LogP contribution < -0.4 is 0 Å². The lowest BCUT2D eigenvalue weighted by Gasteiger charge is -2.32. The number of aromatic nitrogens is 7. The molecule has 0 fully saturated rings. The minimum atomic E-state index is 0.0670. The molecule has 0 unspecified atom stereocenters. The maximum atomic E-state index is 13.0. The van der Waals surface area contributed by atoms with Crippen molar-refractivity contribution < 1.29 is 4.79 Å². The van der Waals surface area contributed by atoms with Crippen molar-refractivity contribution in [2.45, 2.75) is 32.9 Å². The summed E-state index contributed by atoms with van der Waals surface area (Å²) in [5.41, 5.74) is 3.81. The Hall–Kier alpha value is -3.49. The van der Waals surface area contributed by atoms with Crippen molar-refractivity contribution in [1.82, 2.24) is 38.8 Å². The molecule has 9 nitrogen and oxygen atoms in total. The van der Waals surface area contributed by atoms with Gasteiger partial charge in [0, 0.05) is 32.2 Å². The summed E-state index contributed by atoms with van der Waals surface area (Å²) in [5, 5.41) is 12.9. The molecule has 0 spiro atoms. The summed E-state index contributed by atoms with van der Waals surface area (Å²) in [5.74, 6) is 1.66. The number of aryl methyl sites for hydroxylation is 2. The summed E-state index contributed by atoms with van der Waals surface area (Å²) < 4.78 is 5.85. The van der Waals surface area contributed by atoms with E-state index in [1.807, 2.05) is 47.8 Å². The zero-order valence-electron chi connectivity index (χ0n) is 16.6. The van der Waals surface area contributed by atoms with Crippen LogP contribution >= 0.6 is 0 Å². The number of rotatable bonds is 3. The third-order valence-electron chi connectivity index (χ3n) is 5.48. The standard InChI is InChI=1S/C20H22N8O/c1-13-5-4-6-27-16(9-21-19(13)27)7-18(29)26-10-14(2)28-17(12-26)23-24-20(28)15-8-22-25(3)11-15/h4-6,8-9,11,14H,7,10,12H2,1-3H3/t14-/m0/s1. The van der Waals surface area contributed by atoms with E-state index in [4.69, 9.17) is 0 Å². The van der Waals surface area contributed by atoms with E-state index in [2.05, 4.69) is 31.8 Å². The molecule has 0 aromatic carbocycles. The Bertz CT molecular complexity index is 1220. The van der Waals surface area contributed by atoms with Crippen molar-refractivity contribution in [3.63, 3.8) is 0 Å². The monoisotopic (exact) mass is 390 g/mol. The van der Waals surface area contributed by atoms with Crippen LogP contribution in [0.25, 0.3) is 17.0 Å². The van der Waals surface area contributed by atoms with Crippen LogP contribution in [0.5, 0.6) is 0 Å². The van der Waals surface area contributed by atoms with Crippen molar-refractivity contribution in [3.05, 3.63) is 54.0 Å². The van der Waals surface area contributed by atoms with Gasteiger partial charge in [0.25, 0.3) is 0 Å². The van der Waals surface area contributed by atoms with Crippen molar-refractivity contribution in [1.29, 1.82) is 0 Å². The summed E-state index contributed by atoms with van der Waals surface area (Å²) in [4.78, 5) is 19.4. The van der Waals surface area contributed by atoms with E-state index >= 15 is 0 Å². The largest absolute Gasteiger partial charge is 0.333 e. The minimum Gasteiger partial charge on any atom is -0.333 e. The van der Waals surface area contributed by atoms with Gasteiger partial charge in [-0.15, -0.1) is 10.2 Å². The Morgan fingerprint density at radius 1 is 1.28 bits per heavy atom. The Morgan fingerprint density at radius 2 is 2.14 bits per heavy atom. The molecule has 1 atom stereocenters. The van der Waals surface area contributed by atoms with Crippen LogP contribution in [0.1, 0.15) is 30.0 Å². The Morgan fingerprint density at radius 3 is 2.93 bits per heavy atom. The lowest BCUT2D eigenvalue weighted by molar-refractivity contribution is -0.132. The molecule has 0 N–H and O–H groups in total. The van der Waals surface area contributed by atoms with Crippen molar-refractivity contribution >= 4 is 11.6 Å². The zero-order valence-corrected chi connectivity index (χ0v) is 16.6. The normalized spacial score (nSPS) is 16.4. The van der Waals surface area contributed by atoms with Crippen LogP contribution in [0.15, 0.2) is 36.9 Å². The van der Waals surface area contributed by atoms with Crippen LogP contribution in [-0.4, -0.2) is 51.3 Å². The Labute approximate surface area is 167 Å². The molecule has 4 aromatic rings. The molecule has 5 rings (SSSR count). The van der Waals surface area contributed by atoms with Gasteiger partial charge in [-0.05, 0) is 25.5 Å². The molecule has 1 aliphatic heterocycles. The Balaban J connectivity index is 1.39. The van der Waals surface area contributed by atoms with Gasteiger partial charge >= 0.3 is 0 Å². The van der Waals surface area contributed by atoms with E-state index in [0.29, 0.717) is 19.5 Å². The average Bonchev–Trinajstić information content (AvgIpc) is 3.41. The van der Waals surface area contributed by atoms with Gasteiger partial charge in [-0.25, -0.2) is 4.98 Å². The minimum absolute atomic E-state index is 0.0670. The fourth-order valence-electron chi connectivity index (χ4n) is 4.05. The van der Waals surface area contributed by atoms with E-state index in [1.165, 1.54) is 0 Å². The van der Waals surface area contributed by atoms with Gasteiger partial charge in [-0.1, -0.05) is 6.07 Å². The number of carbonyl (C=O) groups is 1. The smallest absolute Gasteiger partial charge is 0.229 e. The lowest BCUT2D eigenvalue weighted by Crippen LogP contribution is -2.41. The molecular weight excluding hydrogens is 368 g/mol. The average molecular weight is 390 g/mol. The first-order chi connectivity index (χ1) is 14.0. The predicted molar refractivity (Wildman–Crippen MR) is 106 cm³/mol. The third kappa shape index (κ3) is 2.89. The molecule has 0 radical (unpaired) electrons. The maximum absolute atomic E-state index is 13.0. The Kier molecular flexibility index (Phi) is 3.97. The highest BCUT2D eigenvalue weighted by Gasteiger charge is 2.30. The van der Waals surface area contributed by atoms with Gasteiger partial charge in [0.05, 0.1) is 36.5 Å². The predicted octanol–water partition coefficient (Wildman–Crippen LogP) is 1.78. The van der Waals surface area contributed by atoms with Gasteiger partial charge < -0.3 is 13.9 Å². The highest BCUT2D eigenvalue weighted by molar-refractivity contribution is 5.79. The molecule has 4 aromatic heterocycles. The topological polar surface area (TPSA) is 86.1 Å². The number of hydrogen-bond donors (Lipinski definition) is 0. The van der Waals surface area contributed by atoms with Crippen molar-refractivity contribution in [2.24, 2.45) is 7.05 Å². The molecule has 29 heavy (non-hydrogen) atoms. The molecular formula is C20H22N8O. The summed E-state index contributed by atoms with van der Waals surface area (Å²) >= 11 is 0. The van der Waals surface area contributed by atoms with Crippen LogP contribution in [0, 0.1) is 6.92 Å². The van der Waals surface area contributed by atoms with Crippen LogP contribution in [0.4, 0.5) is 0 Å². The molecule has 1 aliphatic rings. The summed E-state index contributed by atoms with van der Waals surface area (Å²) in [6, 6.07) is 4.08. The second-order valence-electron chi connectivity index (χ2n) is 7.65. The van der Waals surface area contributed by atoms with E-state index in [9.17, 15) is 4.79 Å². The van der Waals surface area contributed by atoms with Gasteiger partial charge in [0.1, 0.15) is 5.65 Å². The highest BCUT2D eigenvalue weighted by Crippen LogP contribution is 2.27. The van der Waals surface area contributed by atoms with Gasteiger partial charge in [0.15, 0.2) is 11.6 Å². The van der Waals surface area contributed by atoms with Crippen molar-refractivity contribution in [2.75, 3.05) is 6.54 Å². The number of hydrogen-bond acceptors (Lipinski definition) is 5. The molecule has 9 heteroatoms. The number of fused-ring (bicyclic) bond motifs is 2. The fraction of sp³-hybridized carbons (Fsp3) is 0.350. The number of imidazole rings is 1. The molecule has 1 amide bonds. The molecule has 148 valence electrons. The van der Waals surface area contributed by atoms with Crippen molar-refractivity contribution in [3.8, 4) is 11.4 Å². The quantitative estimate of drug-likeness (QED) is 0.532. The van der Waals surface area contributed by atoms with E-state index < -0.39 is 0 Å². The molecule has 0 saturated heterocycles. The first-order valence-corrected chi connectivity index (χ1v) is 9.63. The SMILES string of the molecule is Cc1cccn2c(CC(=O)N3Cc4nnc(-c5cnn(C)c5)n4[C@@H](C)C3)cnc12. The van der Waals surface area contributed by atoms with Gasteiger partial charge in [0.2, 0.25) is 5.91 Å². The number of nitrogens with zero attached hydrogens (tertiary/aromatic N) is 8. The second-order valence-corrected chi connectivity index (χ2v) is 7.65. The van der Waals surface area contributed by atoms with E-state index in [1.54, 1.807) is 17.1 Å². The molecule has 5 heterocycles. The van der Waals surface area contributed by atoms with Gasteiger partial charge in [-0.2, -0.15) is 5.10 Å². The van der Waals surface area contributed by atoms with Gasteiger partial charge in [-0.3, -0.25) is 9.48 Å². The van der Waals surface area contributed by atoms with Crippen LogP contribution in [0.2, 0.25) is 0 Å². The first-order valence-electron chi connectivity index (χ1n) is 9.63. The number of carbonyl (C=O) groups excluding carboxylic acids is 1. The maximum Gasteiger partial charge on any atom is 0.229 e. The molecule has 0 saturated carbocycles. The third-order valence-corrected chi connectivity index (χ3v) is 5.48. The molecule has 0 bridgehead atoms. The van der Waals surface area contributed by atoms with E-state index in [-0.39, 0.29) is 11.9 Å². The highest BCUT2D eigenvalue weighted by atomic mass is 16.2. The summed E-state index contributed by atoms with van der Waals surface area (Å²) in [6.07, 6.45) is 7.76. The second kappa shape index (κ2) is 6.54. The van der Waals surface area contributed by atoms with Crippen LogP contribution in [0.3, 0.4) is 0 Å². The van der Waals surface area contributed by atoms with Crippen LogP contribution in [-0.2, 0) is 24.8 Å². The lowest BCUT2D eigenvalue weighted by atomic mass is 10.2. The fourth-order valence-corrected chi connectivity index (χ4v) is 4.05. The summed E-state index contributed by atoms with van der Waals surface area (Å²) in [6.45, 7) is 5.18. The zero-order chi connectivity index (χ0) is 20.1.